The molecule has 1 amide bonds. The summed E-state index contributed by atoms with van der Waals surface area (Å²) in [6.07, 6.45) is 0. The van der Waals surface area contributed by atoms with E-state index in [9.17, 15) is 17.6 Å². The molecule has 0 aliphatic heterocycles. The van der Waals surface area contributed by atoms with Crippen molar-refractivity contribution in [2.75, 3.05) is 19.7 Å². The van der Waals surface area contributed by atoms with Crippen LogP contribution in [0.25, 0.3) is 0 Å². The zero-order valence-electron chi connectivity index (χ0n) is 11.3. The number of sulfonamides is 1. The van der Waals surface area contributed by atoms with Crippen LogP contribution in [0.3, 0.4) is 0 Å². The van der Waals surface area contributed by atoms with Gasteiger partial charge in [0, 0.05) is 12.1 Å². The number of aliphatic hydroxyl groups is 1. The summed E-state index contributed by atoms with van der Waals surface area (Å²) in [4.78, 5) is 11.0. The highest BCUT2D eigenvalue weighted by Crippen LogP contribution is 2.16. The van der Waals surface area contributed by atoms with Gasteiger partial charge >= 0.3 is 0 Å². The number of halogens is 1. The second kappa shape index (κ2) is 7.73. The van der Waals surface area contributed by atoms with Gasteiger partial charge in [-0.15, -0.1) is 0 Å². The average molecular weight is 314 g/mol. The number of carbonyl (C=O) groups is 1. The zero-order chi connectivity index (χ0) is 15.9. The Hall–Kier alpha value is -1.95. The standard InChI is InChI=1S/C13H15FN2O4S/c1-2-15-13(18)9-16-21(19,20)12-6-5-11(14)8-10(12)4-3-7-17/h5-6,8,16-17H,2,7,9H2,1H3,(H,15,18). The molecular weight excluding hydrogens is 299 g/mol. The highest BCUT2D eigenvalue weighted by molar-refractivity contribution is 7.89. The lowest BCUT2D eigenvalue weighted by molar-refractivity contribution is -0.119. The number of nitrogens with one attached hydrogen (secondary N) is 2. The Balaban J connectivity index is 3.05. The fraction of sp³-hybridized carbons (Fsp3) is 0.308. The zero-order valence-corrected chi connectivity index (χ0v) is 12.1. The lowest BCUT2D eigenvalue weighted by Gasteiger charge is -2.08. The van der Waals surface area contributed by atoms with Crippen molar-refractivity contribution in [1.29, 1.82) is 0 Å². The minimum atomic E-state index is -4.01. The van der Waals surface area contributed by atoms with Gasteiger partial charge in [-0.05, 0) is 25.1 Å². The van der Waals surface area contributed by atoms with Crippen molar-refractivity contribution in [2.24, 2.45) is 0 Å². The summed E-state index contributed by atoms with van der Waals surface area (Å²) in [6.45, 7) is 1.17. The van der Waals surface area contributed by atoms with E-state index in [4.69, 9.17) is 5.11 Å². The SMILES string of the molecule is CCNC(=O)CNS(=O)(=O)c1ccc(F)cc1C#CCO. The van der Waals surface area contributed by atoms with Gasteiger partial charge in [-0.1, -0.05) is 11.8 Å². The van der Waals surface area contributed by atoms with E-state index in [1.807, 2.05) is 0 Å². The Morgan fingerprint density at radius 2 is 2.14 bits per heavy atom. The lowest BCUT2D eigenvalue weighted by Crippen LogP contribution is -2.37. The Kier molecular flexibility index (Phi) is 6.30. The van der Waals surface area contributed by atoms with Crippen molar-refractivity contribution in [3.05, 3.63) is 29.6 Å². The quantitative estimate of drug-likeness (QED) is 0.644. The Morgan fingerprint density at radius 1 is 1.43 bits per heavy atom. The predicted molar refractivity (Wildman–Crippen MR) is 74.2 cm³/mol. The van der Waals surface area contributed by atoms with Crippen molar-refractivity contribution >= 4 is 15.9 Å². The molecule has 1 rings (SSSR count). The Bertz CT molecular complexity index is 677. The van der Waals surface area contributed by atoms with Gasteiger partial charge in [-0.2, -0.15) is 0 Å². The van der Waals surface area contributed by atoms with Gasteiger partial charge in [0.25, 0.3) is 0 Å². The summed E-state index contributed by atoms with van der Waals surface area (Å²) < 4.78 is 39.5. The summed E-state index contributed by atoms with van der Waals surface area (Å²) >= 11 is 0. The van der Waals surface area contributed by atoms with E-state index in [1.54, 1.807) is 6.92 Å². The first kappa shape index (κ1) is 17.1. The fourth-order valence-electron chi connectivity index (χ4n) is 1.47. The number of hydrogen-bond donors (Lipinski definition) is 3. The summed E-state index contributed by atoms with van der Waals surface area (Å²) in [5, 5.41) is 11.1. The third-order valence-electron chi connectivity index (χ3n) is 2.33. The molecule has 0 unspecified atom stereocenters. The molecule has 0 spiro atoms. The molecule has 1 aromatic rings. The van der Waals surface area contributed by atoms with Gasteiger partial charge in [0.05, 0.1) is 11.4 Å². The number of rotatable bonds is 5. The second-order valence-electron chi connectivity index (χ2n) is 3.88. The van der Waals surface area contributed by atoms with Gasteiger partial charge in [-0.25, -0.2) is 17.5 Å². The first-order valence-electron chi connectivity index (χ1n) is 6.06. The molecule has 0 bridgehead atoms. The normalized spacial score (nSPS) is 10.6. The number of aliphatic hydroxyl groups excluding tert-OH is 1. The van der Waals surface area contributed by atoms with E-state index < -0.39 is 34.9 Å². The summed E-state index contributed by atoms with van der Waals surface area (Å²) in [5.74, 6) is 3.49. The molecule has 0 fully saturated rings. The van der Waals surface area contributed by atoms with E-state index in [2.05, 4.69) is 21.9 Å². The molecule has 3 N–H and O–H groups in total. The average Bonchev–Trinajstić information content (AvgIpc) is 2.43. The van der Waals surface area contributed by atoms with Crippen LogP contribution < -0.4 is 10.0 Å². The number of hydrogen-bond acceptors (Lipinski definition) is 4. The Labute approximate surface area is 122 Å². The van der Waals surface area contributed by atoms with Crippen LogP contribution in [0.4, 0.5) is 4.39 Å². The first-order chi connectivity index (χ1) is 9.90. The molecule has 1 aromatic carbocycles. The van der Waals surface area contributed by atoms with E-state index in [0.717, 1.165) is 18.2 Å². The molecule has 21 heavy (non-hydrogen) atoms. The Morgan fingerprint density at radius 3 is 2.76 bits per heavy atom. The molecule has 0 aliphatic carbocycles. The van der Waals surface area contributed by atoms with Crippen molar-refractivity contribution in [3.8, 4) is 11.8 Å². The smallest absolute Gasteiger partial charge is 0.242 e. The van der Waals surface area contributed by atoms with Crippen LogP contribution in [0.2, 0.25) is 0 Å². The van der Waals surface area contributed by atoms with E-state index in [0.29, 0.717) is 6.54 Å². The van der Waals surface area contributed by atoms with Crippen molar-refractivity contribution < 1.29 is 22.7 Å². The topological polar surface area (TPSA) is 95.5 Å². The van der Waals surface area contributed by atoms with E-state index in [-0.39, 0.29) is 10.5 Å². The highest BCUT2D eigenvalue weighted by atomic mass is 32.2. The van der Waals surface area contributed by atoms with Crippen molar-refractivity contribution in [3.63, 3.8) is 0 Å². The van der Waals surface area contributed by atoms with Crippen LogP contribution in [0.15, 0.2) is 23.1 Å². The number of likely N-dealkylation sites (N-methyl/N-ethyl adjacent to an activating group) is 1. The molecule has 8 heteroatoms. The van der Waals surface area contributed by atoms with E-state index in [1.165, 1.54) is 0 Å². The highest BCUT2D eigenvalue weighted by Gasteiger charge is 2.19. The predicted octanol–water partition coefficient (Wildman–Crippen LogP) is -0.416. The molecule has 0 saturated heterocycles. The van der Waals surface area contributed by atoms with E-state index >= 15 is 0 Å². The van der Waals surface area contributed by atoms with Crippen LogP contribution in [0, 0.1) is 17.7 Å². The molecule has 0 saturated carbocycles. The third-order valence-corrected chi connectivity index (χ3v) is 3.79. The molecular formula is C13H15FN2O4S. The summed E-state index contributed by atoms with van der Waals surface area (Å²) in [6, 6.07) is 2.98. The monoisotopic (exact) mass is 314 g/mol. The van der Waals surface area contributed by atoms with Gasteiger partial charge in [0.15, 0.2) is 0 Å². The molecule has 0 aromatic heterocycles. The van der Waals surface area contributed by atoms with Crippen LogP contribution in [0.5, 0.6) is 0 Å². The van der Waals surface area contributed by atoms with Crippen LogP contribution in [0.1, 0.15) is 12.5 Å². The number of benzene rings is 1. The molecule has 0 aliphatic rings. The van der Waals surface area contributed by atoms with Crippen LogP contribution in [-0.2, 0) is 14.8 Å². The minimum Gasteiger partial charge on any atom is -0.384 e. The van der Waals surface area contributed by atoms with Gasteiger partial charge in [0.1, 0.15) is 12.4 Å². The van der Waals surface area contributed by atoms with Crippen molar-refractivity contribution in [2.45, 2.75) is 11.8 Å². The van der Waals surface area contributed by atoms with Gasteiger partial charge < -0.3 is 10.4 Å². The lowest BCUT2D eigenvalue weighted by atomic mass is 10.2. The molecule has 114 valence electrons. The van der Waals surface area contributed by atoms with Crippen molar-refractivity contribution in [1.82, 2.24) is 10.0 Å². The number of amides is 1. The maximum atomic E-state index is 13.2. The van der Waals surface area contributed by atoms with Gasteiger partial charge in [0.2, 0.25) is 15.9 Å². The summed E-state index contributed by atoms with van der Waals surface area (Å²) in [5.41, 5.74) is -0.0903. The molecule has 0 atom stereocenters. The third kappa shape index (κ3) is 5.15. The fourth-order valence-corrected chi connectivity index (χ4v) is 2.59. The maximum Gasteiger partial charge on any atom is 0.242 e. The number of carbonyl (C=O) groups excluding carboxylic acids is 1. The largest absolute Gasteiger partial charge is 0.384 e. The summed E-state index contributed by atoms with van der Waals surface area (Å²) in [7, 11) is -4.01. The van der Waals surface area contributed by atoms with Crippen LogP contribution >= 0.6 is 0 Å². The molecule has 6 nitrogen and oxygen atoms in total. The molecule has 0 heterocycles. The minimum absolute atomic E-state index is 0.0903. The second-order valence-corrected chi connectivity index (χ2v) is 5.61. The van der Waals surface area contributed by atoms with Gasteiger partial charge in [-0.3, -0.25) is 4.79 Å². The maximum absolute atomic E-state index is 13.2. The first-order valence-corrected chi connectivity index (χ1v) is 7.54. The van der Waals surface area contributed by atoms with Crippen LogP contribution in [-0.4, -0.2) is 39.1 Å². The molecule has 0 radical (unpaired) electrons.